The number of rotatable bonds is 5. The van der Waals surface area contributed by atoms with E-state index in [2.05, 4.69) is 146 Å². The summed E-state index contributed by atoms with van der Waals surface area (Å²) in [4.78, 5) is 5.30. The normalized spacial score (nSPS) is 19.5. The molecule has 0 spiro atoms. The van der Waals surface area contributed by atoms with E-state index in [4.69, 9.17) is 16.6 Å². The highest BCUT2D eigenvalue weighted by atomic mass is 35.5. The van der Waals surface area contributed by atoms with Gasteiger partial charge in [-0.1, -0.05) is 123 Å². The lowest BCUT2D eigenvalue weighted by Crippen LogP contribution is -2.23. The Morgan fingerprint density at radius 1 is 0.818 bits per heavy atom. The molecule has 3 unspecified atom stereocenters. The van der Waals surface area contributed by atoms with Crippen LogP contribution in [0.5, 0.6) is 0 Å². The summed E-state index contributed by atoms with van der Waals surface area (Å²) in [5.74, 6) is 1.96. The first kappa shape index (κ1) is 27.4. The number of allylic oxidation sites excluding steroid dienone is 6. The van der Waals surface area contributed by atoms with Crippen molar-refractivity contribution in [3.8, 4) is 28.2 Å². The summed E-state index contributed by atoms with van der Waals surface area (Å²) in [7, 11) is 0. The maximum atomic E-state index is 6.70. The summed E-state index contributed by atoms with van der Waals surface area (Å²) < 4.78 is 5.00. The molecule has 0 N–H and O–H groups in total. The molecule has 2 aliphatic rings. The second-order valence-corrected chi connectivity index (χ2v) is 13.8. The maximum Gasteiger partial charge on any atom is 0.117 e. The third-order valence-electron chi connectivity index (χ3n) is 9.08. The highest BCUT2D eigenvalue weighted by molar-refractivity contribution is 7.25. The molecular formula is C40H33ClN2S. The zero-order valence-corrected chi connectivity index (χ0v) is 26.4. The largest absolute Gasteiger partial charge is 0.295 e. The molecule has 2 nitrogen and oxygen atoms in total. The topological polar surface area (TPSA) is 17.8 Å². The summed E-state index contributed by atoms with van der Waals surface area (Å²) in [6, 6.07) is 35.3. The SMILES string of the molecule is CC(C)c1nc(-c2ccccc2)c(-c2ccccc2)n1-c1ccc2c(c1)sc1ccc(C3CC=CC4C3=CC=CC4Cl)cc12. The average Bonchev–Trinajstić information content (AvgIpc) is 3.64. The molecule has 3 atom stereocenters. The summed E-state index contributed by atoms with van der Waals surface area (Å²) >= 11 is 8.57. The molecule has 8 rings (SSSR count). The summed E-state index contributed by atoms with van der Waals surface area (Å²) in [5, 5.41) is 2.67. The van der Waals surface area contributed by atoms with Gasteiger partial charge in [0.15, 0.2) is 0 Å². The minimum atomic E-state index is 0.0280. The van der Waals surface area contributed by atoms with Crippen LogP contribution >= 0.6 is 22.9 Å². The molecule has 2 aliphatic carbocycles. The van der Waals surface area contributed by atoms with Crippen molar-refractivity contribution in [2.45, 2.75) is 37.5 Å². The first-order valence-electron chi connectivity index (χ1n) is 15.5. The zero-order chi connectivity index (χ0) is 29.8. The van der Waals surface area contributed by atoms with E-state index in [9.17, 15) is 0 Å². The van der Waals surface area contributed by atoms with Gasteiger partial charge in [-0.2, -0.15) is 0 Å². The fourth-order valence-electron chi connectivity index (χ4n) is 6.96. The molecule has 0 saturated carbocycles. The predicted octanol–water partition coefficient (Wildman–Crippen LogP) is 11.5. The highest BCUT2D eigenvalue weighted by Gasteiger charge is 2.30. The van der Waals surface area contributed by atoms with Crippen molar-refractivity contribution in [3.05, 3.63) is 144 Å². The van der Waals surface area contributed by atoms with E-state index in [0.29, 0.717) is 5.92 Å². The quantitative estimate of drug-likeness (QED) is 0.141. The second kappa shape index (κ2) is 11.1. The molecule has 44 heavy (non-hydrogen) atoms. The van der Waals surface area contributed by atoms with E-state index in [0.717, 1.165) is 40.4 Å². The van der Waals surface area contributed by atoms with Crippen molar-refractivity contribution in [2.24, 2.45) is 5.92 Å². The lowest BCUT2D eigenvalue weighted by atomic mass is 9.74. The third-order valence-corrected chi connectivity index (χ3v) is 10.6. The fourth-order valence-corrected chi connectivity index (χ4v) is 8.40. The molecule has 0 amide bonds. The molecule has 0 fully saturated rings. The van der Waals surface area contributed by atoms with Gasteiger partial charge in [0.25, 0.3) is 0 Å². The maximum absolute atomic E-state index is 6.70. The van der Waals surface area contributed by atoms with Crippen LogP contribution in [0.4, 0.5) is 0 Å². The van der Waals surface area contributed by atoms with E-state index < -0.39 is 0 Å². The predicted molar refractivity (Wildman–Crippen MR) is 188 cm³/mol. The molecule has 216 valence electrons. The Morgan fingerprint density at radius 3 is 2.36 bits per heavy atom. The van der Waals surface area contributed by atoms with Crippen LogP contribution in [-0.4, -0.2) is 14.9 Å². The molecule has 4 heteroatoms. The standard InChI is InChI=1S/C40H33ClN2S/c1-25(2)40-42-38(26-11-5-3-6-12-26)39(27-13-7-4-8-14-27)43(40)29-20-21-33-34-23-28(19-22-36(34)44-37(33)24-29)30-15-9-17-32-31(30)16-10-18-35(32)41/h3-14,16-25,30,32,35H,15H2,1-2H3. The molecule has 2 aromatic heterocycles. The van der Waals surface area contributed by atoms with Gasteiger partial charge < -0.3 is 0 Å². The number of nitrogens with zero attached hydrogens (tertiary/aromatic N) is 2. The molecular weight excluding hydrogens is 576 g/mol. The van der Waals surface area contributed by atoms with Gasteiger partial charge in [0.1, 0.15) is 5.82 Å². The summed E-state index contributed by atoms with van der Waals surface area (Å²) in [6.45, 7) is 4.47. The van der Waals surface area contributed by atoms with Gasteiger partial charge in [-0.3, -0.25) is 4.57 Å². The van der Waals surface area contributed by atoms with Gasteiger partial charge in [0.2, 0.25) is 0 Å². The Balaban J connectivity index is 1.28. The van der Waals surface area contributed by atoms with E-state index in [-0.39, 0.29) is 17.2 Å². The number of aromatic nitrogens is 2. The Morgan fingerprint density at radius 2 is 1.59 bits per heavy atom. The molecule has 2 heterocycles. The number of hydrogen-bond donors (Lipinski definition) is 0. The van der Waals surface area contributed by atoms with Crippen LogP contribution in [0, 0.1) is 5.92 Å². The van der Waals surface area contributed by atoms with Crippen LogP contribution in [0.1, 0.15) is 43.5 Å². The minimum Gasteiger partial charge on any atom is -0.295 e. The smallest absolute Gasteiger partial charge is 0.117 e. The van der Waals surface area contributed by atoms with E-state index in [1.807, 2.05) is 11.3 Å². The van der Waals surface area contributed by atoms with Gasteiger partial charge >= 0.3 is 0 Å². The Bertz CT molecular complexity index is 2100. The first-order valence-corrected chi connectivity index (χ1v) is 16.7. The number of thiophene rings is 1. The third kappa shape index (κ3) is 4.58. The fraction of sp³-hybridized carbons (Fsp3) is 0.175. The van der Waals surface area contributed by atoms with Gasteiger partial charge in [-0.25, -0.2) is 4.98 Å². The molecule has 0 bridgehead atoms. The summed E-state index contributed by atoms with van der Waals surface area (Å²) in [5.41, 5.74) is 8.40. The molecule has 4 aromatic carbocycles. The lowest BCUT2D eigenvalue weighted by molar-refractivity contribution is 0.631. The molecule has 0 radical (unpaired) electrons. The summed E-state index contributed by atoms with van der Waals surface area (Å²) in [6.07, 6.45) is 12.1. The number of halogens is 1. The number of alkyl halides is 1. The Labute approximate surface area is 267 Å². The Hall–Kier alpha value is -4.18. The van der Waals surface area contributed by atoms with Crippen molar-refractivity contribution in [2.75, 3.05) is 0 Å². The van der Waals surface area contributed by atoms with Gasteiger partial charge in [0.05, 0.1) is 16.8 Å². The molecule has 6 aromatic rings. The minimum absolute atomic E-state index is 0.0280. The highest BCUT2D eigenvalue weighted by Crippen LogP contribution is 2.45. The van der Waals surface area contributed by atoms with E-state index in [1.54, 1.807) is 0 Å². The van der Waals surface area contributed by atoms with E-state index in [1.165, 1.54) is 31.3 Å². The lowest BCUT2D eigenvalue weighted by Gasteiger charge is -2.32. The van der Waals surface area contributed by atoms with Crippen molar-refractivity contribution in [3.63, 3.8) is 0 Å². The second-order valence-electron chi connectivity index (χ2n) is 12.2. The average molecular weight is 609 g/mol. The van der Waals surface area contributed by atoms with Gasteiger partial charge in [0, 0.05) is 54.7 Å². The molecule has 0 aliphatic heterocycles. The van der Waals surface area contributed by atoms with Gasteiger partial charge in [-0.15, -0.1) is 22.9 Å². The monoisotopic (exact) mass is 608 g/mol. The van der Waals surface area contributed by atoms with Gasteiger partial charge in [-0.05, 0) is 36.2 Å². The van der Waals surface area contributed by atoms with Crippen LogP contribution < -0.4 is 0 Å². The van der Waals surface area contributed by atoms with Crippen LogP contribution in [0.2, 0.25) is 0 Å². The van der Waals surface area contributed by atoms with Crippen LogP contribution in [-0.2, 0) is 0 Å². The number of benzene rings is 4. The van der Waals surface area contributed by atoms with Crippen molar-refractivity contribution < 1.29 is 0 Å². The number of imidazole rings is 1. The molecule has 0 saturated heterocycles. The first-order chi connectivity index (χ1) is 21.6. The van der Waals surface area contributed by atoms with Crippen LogP contribution in [0.25, 0.3) is 48.4 Å². The van der Waals surface area contributed by atoms with Crippen molar-refractivity contribution in [1.82, 2.24) is 9.55 Å². The van der Waals surface area contributed by atoms with Crippen molar-refractivity contribution in [1.29, 1.82) is 0 Å². The number of hydrogen-bond acceptors (Lipinski definition) is 2. The van der Waals surface area contributed by atoms with Crippen molar-refractivity contribution >= 4 is 43.1 Å². The van der Waals surface area contributed by atoms with Crippen LogP contribution in [0.3, 0.4) is 0 Å². The van der Waals surface area contributed by atoms with Crippen LogP contribution in [0.15, 0.2) is 133 Å². The Kier molecular flexibility index (Phi) is 6.89. The van der Waals surface area contributed by atoms with E-state index >= 15 is 0 Å². The zero-order valence-electron chi connectivity index (χ0n) is 24.8. The number of fused-ring (bicyclic) bond motifs is 4.